The molecule has 0 aliphatic rings. The minimum absolute atomic E-state index is 0.000783. The van der Waals surface area contributed by atoms with Gasteiger partial charge in [0.15, 0.2) is 0 Å². The highest BCUT2D eigenvalue weighted by atomic mass is 16.6. The van der Waals surface area contributed by atoms with Gasteiger partial charge in [0, 0.05) is 6.42 Å². The maximum Gasteiger partial charge on any atom is 0.412 e. The van der Waals surface area contributed by atoms with Crippen LogP contribution in [-0.2, 0) is 25.5 Å². The smallest absolute Gasteiger partial charge is 0.412 e. The van der Waals surface area contributed by atoms with Crippen molar-refractivity contribution in [2.75, 3.05) is 5.32 Å². The lowest BCUT2D eigenvalue weighted by atomic mass is 10.0. The summed E-state index contributed by atoms with van der Waals surface area (Å²) in [5, 5.41) is 19.6. The van der Waals surface area contributed by atoms with Crippen LogP contribution in [0.5, 0.6) is 0 Å². The van der Waals surface area contributed by atoms with Gasteiger partial charge in [-0.15, -0.1) is 0 Å². The molecule has 0 radical (unpaired) electrons. The summed E-state index contributed by atoms with van der Waals surface area (Å²) < 4.78 is 5.29. The number of carboxylic acids is 1. The van der Waals surface area contributed by atoms with Gasteiger partial charge in [-0.1, -0.05) is 56.3 Å². The van der Waals surface area contributed by atoms with Crippen LogP contribution in [0.3, 0.4) is 0 Å². The Labute approximate surface area is 240 Å². The first-order valence-electron chi connectivity index (χ1n) is 13.4. The monoisotopic (exact) mass is 568 g/mol. The van der Waals surface area contributed by atoms with Crippen molar-refractivity contribution < 1.29 is 33.8 Å². The van der Waals surface area contributed by atoms with Gasteiger partial charge in [-0.05, 0) is 57.7 Å². The lowest BCUT2D eigenvalue weighted by Gasteiger charge is -2.25. The molecule has 0 bridgehead atoms. The SMILES string of the molecule is CC(C)C[C@H](NC(=O)[C@H](Cc1ccccc1)NC(=O)c1ccccc1NC(=O)OC(C)(C)C)C(=O)N[C@@H](C)C(=O)O. The summed E-state index contributed by atoms with van der Waals surface area (Å²) in [6.07, 6.45) is -0.380. The minimum atomic E-state index is -1.21. The Morgan fingerprint density at radius 2 is 1.39 bits per heavy atom. The Bertz CT molecular complexity index is 1220. The Morgan fingerprint density at radius 1 is 0.805 bits per heavy atom. The predicted molar refractivity (Wildman–Crippen MR) is 154 cm³/mol. The first-order chi connectivity index (χ1) is 19.2. The van der Waals surface area contributed by atoms with Crippen LogP contribution in [0, 0.1) is 5.92 Å². The summed E-state index contributed by atoms with van der Waals surface area (Å²) in [6, 6.07) is 12.1. The number of nitrogens with one attached hydrogen (secondary N) is 4. The van der Waals surface area contributed by atoms with Crippen LogP contribution in [-0.4, -0.2) is 58.6 Å². The van der Waals surface area contributed by atoms with Crippen LogP contribution < -0.4 is 21.3 Å². The highest BCUT2D eigenvalue weighted by Crippen LogP contribution is 2.18. The van der Waals surface area contributed by atoms with Crippen molar-refractivity contribution in [1.82, 2.24) is 16.0 Å². The van der Waals surface area contributed by atoms with Crippen molar-refractivity contribution >= 4 is 35.5 Å². The topological polar surface area (TPSA) is 163 Å². The van der Waals surface area contributed by atoms with Crippen LogP contribution in [0.25, 0.3) is 0 Å². The van der Waals surface area contributed by atoms with Crippen molar-refractivity contribution in [2.45, 2.75) is 78.1 Å². The summed E-state index contributed by atoms with van der Waals surface area (Å²) >= 11 is 0. The molecule has 5 N–H and O–H groups in total. The number of hydrogen-bond donors (Lipinski definition) is 5. The second-order valence-electron chi connectivity index (χ2n) is 11.1. The molecule has 3 atom stereocenters. The lowest BCUT2D eigenvalue weighted by Crippen LogP contribution is -2.56. The van der Waals surface area contributed by atoms with Gasteiger partial charge >= 0.3 is 12.1 Å². The fourth-order valence-electron chi connectivity index (χ4n) is 3.85. The molecule has 0 saturated heterocycles. The number of para-hydroxylation sites is 1. The Morgan fingerprint density at radius 3 is 1.98 bits per heavy atom. The number of hydrogen-bond acceptors (Lipinski definition) is 6. The molecule has 2 rings (SSSR count). The van der Waals surface area contributed by atoms with Crippen molar-refractivity contribution in [3.63, 3.8) is 0 Å². The maximum absolute atomic E-state index is 13.5. The molecule has 4 amide bonds. The van der Waals surface area contributed by atoms with Gasteiger partial charge in [0.25, 0.3) is 5.91 Å². The van der Waals surface area contributed by atoms with E-state index in [1.165, 1.54) is 19.1 Å². The molecule has 0 aromatic heterocycles. The third-order valence-corrected chi connectivity index (χ3v) is 5.78. The molecular weight excluding hydrogens is 528 g/mol. The largest absolute Gasteiger partial charge is 0.480 e. The highest BCUT2D eigenvalue weighted by molar-refractivity contribution is 6.04. The fraction of sp³-hybridized carbons (Fsp3) is 0.433. The summed E-state index contributed by atoms with van der Waals surface area (Å²) in [4.78, 5) is 63.4. The molecule has 0 fully saturated rings. The Hall–Kier alpha value is -4.41. The lowest BCUT2D eigenvalue weighted by molar-refractivity contribution is -0.141. The van der Waals surface area contributed by atoms with Crippen LogP contribution in [0.15, 0.2) is 54.6 Å². The first-order valence-corrected chi connectivity index (χ1v) is 13.4. The number of carbonyl (C=O) groups excluding carboxylic acids is 4. The van der Waals surface area contributed by atoms with E-state index in [-0.39, 0.29) is 30.0 Å². The summed E-state index contributed by atoms with van der Waals surface area (Å²) in [7, 11) is 0. The third-order valence-electron chi connectivity index (χ3n) is 5.78. The van der Waals surface area contributed by atoms with Crippen molar-refractivity contribution in [1.29, 1.82) is 0 Å². The molecule has 2 aromatic carbocycles. The van der Waals surface area contributed by atoms with Crippen LogP contribution in [0.4, 0.5) is 10.5 Å². The van der Waals surface area contributed by atoms with Gasteiger partial charge in [-0.25, -0.2) is 4.79 Å². The number of aliphatic carboxylic acids is 1. The van der Waals surface area contributed by atoms with Gasteiger partial charge in [-0.2, -0.15) is 0 Å². The molecule has 11 heteroatoms. The van der Waals surface area contributed by atoms with E-state index >= 15 is 0 Å². The predicted octanol–water partition coefficient (Wildman–Crippen LogP) is 3.49. The first kappa shape index (κ1) is 32.8. The second kappa shape index (κ2) is 14.8. The minimum Gasteiger partial charge on any atom is -0.480 e. The third kappa shape index (κ3) is 11.3. The summed E-state index contributed by atoms with van der Waals surface area (Å²) in [5.74, 6) is -3.10. The van der Waals surface area contributed by atoms with E-state index in [4.69, 9.17) is 4.74 Å². The van der Waals surface area contributed by atoms with Gasteiger partial charge < -0.3 is 25.8 Å². The summed E-state index contributed by atoms with van der Waals surface area (Å²) in [6.45, 7) is 10.2. The molecule has 0 aliphatic carbocycles. The number of amides is 4. The zero-order chi connectivity index (χ0) is 30.7. The van der Waals surface area contributed by atoms with Crippen LogP contribution in [0.1, 0.15) is 63.9 Å². The second-order valence-corrected chi connectivity index (χ2v) is 11.1. The highest BCUT2D eigenvalue weighted by Gasteiger charge is 2.30. The average molecular weight is 569 g/mol. The zero-order valence-corrected chi connectivity index (χ0v) is 24.3. The fourth-order valence-corrected chi connectivity index (χ4v) is 3.85. The number of carboxylic acid groups (broad SMARTS) is 1. The molecule has 41 heavy (non-hydrogen) atoms. The number of anilines is 1. The van der Waals surface area contributed by atoms with Crippen molar-refractivity contribution in [3.05, 3.63) is 65.7 Å². The summed E-state index contributed by atoms with van der Waals surface area (Å²) in [5.41, 5.74) is 0.313. The van der Waals surface area contributed by atoms with E-state index in [0.29, 0.717) is 0 Å². The Balaban J connectivity index is 2.31. The molecule has 0 unspecified atom stereocenters. The average Bonchev–Trinajstić information content (AvgIpc) is 2.87. The molecule has 0 heterocycles. The molecule has 0 spiro atoms. The van der Waals surface area contributed by atoms with Crippen LogP contribution >= 0.6 is 0 Å². The van der Waals surface area contributed by atoms with Gasteiger partial charge in [0.2, 0.25) is 11.8 Å². The normalized spacial score (nSPS) is 13.3. The number of carbonyl (C=O) groups is 5. The van der Waals surface area contributed by atoms with E-state index in [1.807, 2.05) is 19.9 Å². The van der Waals surface area contributed by atoms with E-state index in [1.54, 1.807) is 57.2 Å². The maximum atomic E-state index is 13.5. The van der Waals surface area contributed by atoms with E-state index < -0.39 is 53.5 Å². The standard InChI is InChI=1S/C30H40N4O7/c1-18(2)16-23(26(36)31-19(3)28(38)39)33-27(37)24(17-20-12-8-7-9-13-20)32-25(35)21-14-10-11-15-22(21)34-29(40)41-30(4,5)6/h7-15,18-19,23-24H,16-17H2,1-6H3,(H,31,36)(H,32,35)(H,33,37)(H,34,40)(H,38,39)/t19-,23-,24-/m0/s1. The molecule has 222 valence electrons. The van der Waals surface area contributed by atoms with Crippen molar-refractivity contribution in [2.24, 2.45) is 5.92 Å². The van der Waals surface area contributed by atoms with Gasteiger partial charge in [0.05, 0.1) is 11.3 Å². The van der Waals surface area contributed by atoms with Gasteiger partial charge in [-0.3, -0.25) is 24.5 Å². The van der Waals surface area contributed by atoms with Crippen molar-refractivity contribution in [3.8, 4) is 0 Å². The van der Waals surface area contributed by atoms with E-state index in [2.05, 4.69) is 21.3 Å². The zero-order valence-electron chi connectivity index (χ0n) is 24.3. The van der Waals surface area contributed by atoms with Crippen LogP contribution in [0.2, 0.25) is 0 Å². The molecular formula is C30H40N4O7. The number of benzene rings is 2. The Kier molecular flexibility index (Phi) is 11.9. The number of rotatable bonds is 12. The van der Waals surface area contributed by atoms with E-state index in [0.717, 1.165) is 5.56 Å². The molecule has 2 aromatic rings. The molecule has 0 aliphatic heterocycles. The van der Waals surface area contributed by atoms with E-state index in [9.17, 15) is 29.1 Å². The molecule has 11 nitrogen and oxygen atoms in total. The molecule has 0 saturated carbocycles. The van der Waals surface area contributed by atoms with Gasteiger partial charge in [0.1, 0.15) is 23.7 Å². The number of ether oxygens (including phenoxy) is 1. The quantitative estimate of drug-likeness (QED) is 0.262.